The first-order valence-electron chi connectivity index (χ1n) is 7.87. The predicted octanol–water partition coefficient (Wildman–Crippen LogP) is 1.77. The fourth-order valence-electron chi connectivity index (χ4n) is 3.13. The number of carbonyl (C=O) groups is 1. The molecule has 3 rings (SSSR count). The average molecular weight is 288 g/mol. The van der Waals surface area contributed by atoms with Crippen LogP contribution < -0.4 is 5.32 Å². The maximum atomic E-state index is 11.9. The third-order valence-electron chi connectivity index (χ3n) is 4.48. The van der Waals surface area contributed by atoms with Crippen LogP contribution in [0.2, 0.25) is 0 Å². The largest absolute Gasteiger partial charge is 0.468 e. The van der Waals surface area contributed by atoms with Gasteiger partial charge < -0.3 is 15.0 Å². The molecule has 114 valence electrons. The molecule has 1 aromatic rings. The summed E-state index contributed by atoms with van der Waals surface area (Å²) in [5.74, 6) is 0.454. The van der Waals surface area contributed by atoms with E-state index >= 15 is 0 Å². The van der Waals surface area contributed by atoms with Gasteiger partial charge in [-0.3, -0.25) is 4.79 Å². The van der Waals surface area contributed by atoms with Crippen molar-refractivity contribution in [3.05, 3.63) is 35.9 Å². The Morgan fingerprint density at radius 1 is 1.33 bits per heavy atom. The summed E-state index contributed by atoms with van der Waals surface area (Å²) in [6.07, 6.45) is 3.53. The minimum Gasteiger partial charge on any atom is -0.468 e. The molecule has 4 heteroatoms. The first-order chi connectivity index (χ1) is 10.3. The van der Waals surface area contributed by atoms with Gasteiger partial charge in [-0.25, -0.2) is 0 Å². The molecule has 1 aliphatic carbocycles. The van der Waals surface area contributed by atoms with Crippen LogP contribution >= 0.6 is 0 Å². The highest BCUT2D eigenvalue weighted by Crippen LogP contribution is 2.27. The van der Waals surface area contributed by atoms with Crippen LogP contribution in [0.3, 0.4) is 0 Å². The Labute approximate surface area is 126 Å². The molecule has 2 fully saturated rings. The third kappa shape index (κ3) is 3.83. The van der Waals surface area contributed by atoms with Crippen LogP contribution in [-0.2, 0) is 9.53 Å². The van der Waals surface area contributed by atoms with E-state index in [-0.39, 0.29) is 12.0 Å². The summed E-state index contributed by atoms with van der Waals surface area (Å²) in [6, 6.07) is 11.0. The molecule has 1 aromatic carbocycles. The number of carbonyl (C=O) groups excluding carboxylic acids is 1. The zero-order valence-electron chi connectivity index (χ0n) is 12.6. The van der Waals surface area contributed by atoms with E-state index in [1.807, 2.05) is 0 Å². The van der Waals surface area contributed by atoms with Gasteiger partial charge in [0, 0.05) is 19.1 Å². The number of hydrogen-bond donors (Lipinski definition) is 1. The smallest absolute Gasteiger partial charge is 0.324 e. The number of ether oxygens (including phenoxy) is 1. The number of esters is 1. The van der Waals surface area contributed by atoms with Gasteiger partial charge in [0.1, 0.15) is 6.04 Å². The second-order valence-electron chi connectivity index (χ2n) is 6.17. The van der Waals surface area contributed by atoms with Gasteiger partial charge in [0.15, 0.2) is 0 Å². The van der Waals surface area contributed by atoms with Gasteiger partial charge in [0.2, 0.25) is 0 Å². The van der Waals surface area contributed by atoms with Gasteiger partial charge in [-0.2, -0.15) is 0 Å². The lowest BCUT2D eigenvalue weighted by molar-refractivity contribution is -0.143. The molecule has 1 aliphatic heterocycles. The molecule has 1 heterocycles. The predicted molar refractivity (Wildman–Crippen MR) is 82.2 cm³/mol. The van der Waals surface area contributed by atoms with E-state index in [4.69, 9.17) is 4.74 Å². The van der Waals surface area contributed by atoms with E-state index in [9.17, 15) is 4.79 Å². The van der Waals surface area contributed by atoms with Crippen LogP contribution in [0.4, 0.5) is 0 Å². The quantitative estimate of drug-likeness (QED) is 0.810. The van der Waals surface area contributed by atoms with Crippen molar-refractivity contribution in [3.63, 3.8) is 0 Å². The topological polar surface area (TPSA) is 41.6 Å². The number of nitrogens with one attached hydrogen (secondary N) is 1. The lowest BCUT2D eigenvalue weighted by atomic mass is 9.99. The second-order valence-corrected chi connectivity index (χ2v) is 6.17. The molecule has 2 aliphatic rings. The van der Waals surface area contributed by atoms with Crippen LogP contribution in [-0.4, -0.2) is 49.7 Å². The number of hydrogen-bond acceptors (Lipinski definition) is 4. The Morgan fingerprint density at radius 2 is 2.10 bits per heavy atom. The molecule has 2 atom stereocenters. The summed E-state index contributed by atoms with van der Waals surface area (Å²) < 4.78 is 4.93. The molecule has 0 radical (unpaired) electrons. The first kappa shape index (κ1) is 14.5. The normalized spacial score (nSPS) is 24.0. The maximum Gasteiger partial charge on any atom is 0.324 e. The van der Waals surface area contributed by atoms with Crippen molar-refractivity contribution in [2.24, 2.45) is 0 Å². The molecule has 1 saturated heterocycles. The molecular weight excluding hydrogens is 264 g/mol. The van der Waals surface area contributed by atoms with Crippen LogP contribution in [0.5, 0.6) is 0 Å². The molecular formula is C17H24N2O2. The van der Waals surface area contributed by atoms with Crippen molar-refractivity contribution >= 4 is 5.97 Å². The Balaban J connectivity index is 1.56. The van der Waals surface area contributed by atoms with Crippen molar-refractivity contribution in [3.8, 4) is 0 Å². The van der Waals surface area contributed by atoms with E-state index in [0.29, 0.717) is 12.0 Å². The van der Waals surface area contributed by atoms with Gasteiger partial charge in [-0.05, 0) is 37.3 Å². The summed E-state index contributed by atoms with van der Waals surface area (Å²) in [6.45, 7) is 2.84. The van der Waals surface area contributed by atoms with Gasteiger partial charge in [0.25, 0.3) is 0 Å². The van der Waals surface area contributed by atoms with Gasteiger partial charge in [0.05, 0.1) is 7.11 Å². The number of likely N-dealkylation sites (tertiary alicyclic amines) is 1. The highest BCUT2D eigenvalue weighted by Gasteiger charge is 2.32. The van der Waals surface area contributed by atoms with E-state index in [1.165, 1.54) is 31.9 Å². The number of benzene rings is 1. The SMILES string of the molecule is COC(=O)C(CN1CCC(c2ccccc2)C1)NC1CC1. The Hall–Kier alpha value is -1.39. The van der Waals surface area contributed by atoms with Crippen molar-refractivity contribution in [1.82, 2.24) is 10.2 Å². The monoisotopic (exact) mass is 288 g/mol. The lowest BCUT2D eigenvalue weighted by Crippen LogP contribution is -2.47. The molecule has 0 spiro atoms. The van der Waals surface area contributed by atoms with Crippen molar-refractivity contribution in [2.75, 3.05) is 26.7 Å². The van der Waals surface area contributed by atoms with Crippen LogP contribution in [0, 0.1) is 0 Å². The molecule has 21 heavy (non-hydrogen) atoms. The zero-order valence-corrected chi connectivity index (χ0v) is 12.6. The molecule has 0 bridgehead atoms. The Bertz CT molecular complexity index is 473. The highest BCUT2D eigenvalue weighted by atomic mass is 16.5. The van der Waals surface area contributed by atoms with Gasteiger partial charge in [-0.1, -0.05) is 30.3 Å². The number of nitrogens with zero attached hydrogens (tertiary/aromatic N) is 1. The second kappa shape index (κ2) is 6.58. The summed E-state index contributed by atoms with van der Waals surface area (Å²) in [5, 5.41) is 3.41. The minimum atomic E-state index is -0.183. The van der Waals surface area contributed by atoms with Crippen molar-refractivity contribution < 1.29 is 9.53 Å². The Kier molecular flexibility index (Phi) is 4.56. The summed E-state index contributed by atoms with van der Waals surface area (Å²) in [5.41, 5.74) is 1.41. The lowest BCUT2D eigenvalue weighted by Gasteiger charge is -2.23. The molecule has 1 saturated carbocycles. The number of methoxy groups -OCH3 is 1. The standard InChI is InChI=1S/C17H24N2O2/c1-21-17(20)16(18-15-7-8-15)12-19-10-9-14(11-19)13-5-3-2-4-6-13/h2-6,14-16,18H,7-12H2,1H3. The molecule has 4 nitrogen and oxygen atoms in total. The van der Waals surface area contributed by atoms with E-state index in [1.54, 1.807) is 0 Å². The fraction of sp³-hybridized carbons (Fsp3) is 0.588. The summed E-state index contributed by atoms with van der Waals surface area (Å²) >= 11 is 0. The summed E-state index contributed by atoms with van der Waals surface area (Å²) in [4.78, 5) is 14.3. The van der Waals surface area contributed by atoms with Crippen LogP contribution in [0.25, 0.3) is 0 Å². The average Bonchev–Trinajstić information content (AvgIpc) is 3.22. The Morgan fingerprint density at radius 3 is 2.76 bits per heavy atom. The molecule has 2 unspecified atom stereocenters. The highest BCUT2D eigenvalue weighted by molar-refractivity contribution is 5.76. The first-order valence-corrected chi connectivity index (χ1v) is 7.87. The molecule has 1 N–H and O–H groups in total. The fourth-order valence-corrected chi connectivity index (χ4v) is 3.13. The van der Waals surface area contributed by atoms with Crippen molar-refractivity contribution in [1.29, 1.82) is 0 Å². The minimum absolute atomic E-state index is 0.134. The van der Waals surface area contributed by atoms with E-state index in [0.717, 1.165) is 19.6 Å². The number of rotatable bonds is 6. The molecule has 0 aromatic heterocycles. The molecule has 0 amide bonds. The van der Waals surface area contributed by atoms with E-state index < -0.39 is 0 Å². The summed E-state index contributed by atoms with van der Waals surface area (Å²) in [7, 11) is 1.47. The van der Waals surface area contributed by atoms with Gasteiger partial charge >= 0.3 is 5.97 Å². The maximum absolute atomic E-state index is 11.9. The van der Waals surface area contributed by atoms with Crippen LogP contribution in [0.1, 0.15) is 30.7 Å². The van der Waals surface area contributed by atoms with E-state index in [2.05, 4.69) is 40.5 Å². The zero-order chi connectivity index (χ0) is 14.7. The van der Waals surface area contributed by atoms with Gasteiger partial charge in [-0.15, -0.1) is 0 Å². The third-order valence-corrected chi connectivity index (χ3v) is 4.48. The van der Waals surface area contributed by atoms with Crippen LogP contribution in [0.15, 0.2) is 30.3 Å². The van der Waals surface area contributed by atoms with Crippen molar-refractivity contribution in [2.45, 2.75) is 37.3 Å².